The first kappa shape index (κ1) is 30.3. The Labute approximate surface area is 311 Å². The Hall–Kier alpha value is -7.30. The Morgan fingerprint density at radius 2 is 0.741 bits per heavy atom. The molecule has 4 nitrogen and oxygen atoms in total. The molecule has 2 heterocycles. The SMILES string of the molecule is c1ccc(N(c2ccc3oc4ccccc4c3c2)c2cc(N(c3ccccc3)c3ccc4oc5ccccc5c4c3)c3ccc4ccccc4c3c2)cc1. The van der Waals surface area contributed by atoms with Crippen molar-refractivity contribution in [3.63, 3.8) is 0 Å². The minimum Gasteiger partial charge on any atom is -0.456 e. The maximum absolute atomic E-state index is 6.29. The zero-order valence-corrected chi connectivity index (χ0v) is 29.2. The van der Waals surface area contributed by atoms with Crippen molar-refractivity contribution in [2.45, 2.75) is 0 Å². The molecule has 0 unspecified atom stereocenters. The maximum atomic E-state index is 6.29. The van der Waals surface area contributed by atoms with Crippen LogP contribution in [-0.4, -0.2) is 0 Å². The van der Waals surface area contributed by atoms with E-state index in [1.807, 2.05) is 24.3 Å². The monoisotopic (exact) mass is 692 g/mol. The van der Waals surface area contributed by atoms with Gasteiger partial charge in [-0.1, -0.05) is 109 Å². The topological polar surface area (TPSA) is 32.8 Å². The van der Waals surface area contributed by atoms with Gasteiger partial charge in [-0.3, -0.25) is 0 Å². The molecule has 2 aromatic heterocycles. The second kappa shape index (κ2) is 12.1. The van der Waals surface area contributed by atoms with Crippen LogP contribution in [0.3, 0.4) is 0 Å². The van der Waals surface area contributed by atoms with Crippen LogP contribution in [0, 0.1) is 0 Å². The van der Waals surface area contributed by atoms with E-state index in [0.29, 0.717) is 0 Å². The van der Waals surface area contributed by atoms with Crippen molar-refractivity contribution in [1.82, 2.24) is 0 Å². The first-order chi connectivity index (χ1) is 26.8. The molecule has 0 saturated carbocycles. The van der Waals surface area contributed by atoms with Crippen LogP contribution in [-0.2, 0) is 0 Å². The third-order valence-corrected chi connectivity index (χ3v) is 10.6. The number of rotatable bonds is 6. The Bertz CT molecular complexity index is 3180. The van der Waals surface area contributed by atoms with Crippen molar-refractivity contribution < 1.29 is 8.83 Å². The van der Waals surface area contributed by atoms with Crippen LogP contribution < -0.4 is 9.80 Å². The molecule has 54 heavy (non-hydrogen) atoms. The largest absolute Gasteiger partial charge is 0.456 e. The lowest BCUT2D eigenvalue weighted by Gasteiger charge is -2.31. The fourth-order valence-electron chi connectivity index (χ4n) is 8.13. The molecule has 0 aliphatic rings. The lowest BCUT2D eigenvalue weighted by Crippen LogP contribution is -2.14. The highest BCUT2D eigenvalue weighted by Gasteiger charge is 2.23. The molecule has 0 aliphatic carbocycles. The third-order valence-electron chi connectivity index (χ3n) is 10.6. The smallest absolute Gasteiger partial charge is 0.135 e. The predicted molar refractivity (Wildman–Crippen MR) is 225 cm³/mol. The van der Waals surface area contributed by atoms with Gasteiger partial charge in [0.25, 0.3) is 0 Å². The van der Waals surface area contributed by atoms with E-state index >= 15 is 0 Å². The van der Waals surface area contributed by atoms with E-state index in [9.17, 15) is 0 Å². The van der Waals surface area contributed by atoms with Gasteiger partial charge in [-0.05, 0) is 101 Å². The van der Waals surface area contributed by atoms with E-state index in [-0.39, 0.29) is 0 Å². The van der Waals surface area contributed by atoms with Crippen LogP contribution in [0.2, 0.25) is 0 Å². The highest BCUT2D eigenvalue weighted by Crippen LogP contribution is 2.47. The molecule has 0 aliphatic heterocycles. The van der Waals surface area contributed by atoms with Gasteiger partial charge in [0, 0.05) is 55.4 Å². The number of anilines is 6. The highest BCUT2D eigenvalue weighted by atomic mass is 16.3. The first-order valence-corrected chi connectivity index (χ1v) is 18.3. The summed E-state index contributed by atoms with van der Waals surface area (Å²) in [6.45, 7) is 0. The number of fused-ring (bicyclic) bond motifs is 9. The molecule has 0 radical (unpaired) electrons. The molecule has 0 atom stereocenters. The predicted octanol–water partition coefficient (Wildman–Crippen LogP) is 14.7. The number of nitrogens with zero attached hydrogens (tertiary/aromatic N) is 2. The van der Waals surface area contributed by atoms with Crippen LogP contribution in [0.25, 0.3) is 65.4 Å². The molecule has 0 spiro atoms. The Morgan fingerprint density at radius 3 is 1.37 bits per heavy atom. The molecule has 4 heteroatoms. The van der Waals surface area contributed by atoms with Crippen molar-refractivity contribution >= 4 is 99.5 Å². The summed E-state index contributed by atoms with van der Waals surface area (Å²) in [7, 11) is 0. The lowest BCUT2D eigenvalue weighted by atomic mass is 9.98. The first-order valence-electron chi connectivity index (χ1n) is 18.3. The fourth-order valence-corrected chi connectivity index (χ4v) is 8.13. The van der Waals surface area contributed by atoms with Crippen LogP contribution >= 0.6 is 0 Å². The number of hydrogen-bond acceptors (Lipinski definition) is 4. The van der Waals surface area contributed by atoms with Gasteiger partial charge >= 0.3 is 0 Å². The summed E-state index contributed by atoms with van der Waals surface area (Å²) in [5.74, 6) is 0. The number of benzene rings is 9. The number of furan rings is 2. The standard InChI is InChI=1S/C50H32N2O2/c1-3-14-34(15-4-1)51(36-24-27-49-44(29-36)41-19-9-11-21-47(41)53-49)38-31-43-39-18-8-7-13-33(39)23-26-40(43)46(32-38)52(35-16-5-2-6-17-35)37-25-28-50-45(30-37)42-20-10-12-22-48(42)54-50/h1-32H. The van der Waals surface area contributed by atoms with Crippen LogP contribution in [0.4, 0.5) is 34.1 Å². The van der Waals surface area contributed by atoms with Gasteiger partial charge in [-0.25, -0.2) is 0 Å². The molecule has 9 aromatic carbocycles. The van der Waals surface area contributed by atoms with Crippen molar-refractivity contribution in [3.05, 3.63) is 194 Å². The summed E-state index contributed by atoms with van der Waals surface area (Å²) in [5.41, 5.74) is 9.84. The lowest BCUT2D eigenvalue weighted by molar-refractivity contribution is 0.668. The normalized spacial score (nSPS) is 11.7. The van der Waals surface area contributed by atoms with E-state index in [4.69, 9.17) is 8.83 Å². The van der Waals surface area contributed by atoms with Crippen LogP contribution in [0.1, 0.15) is 0 Å². The van der Waals surface area contributed by atoms with Crippen molar-refractivity contribution in [2.75, 3.05) is 9.80 Å². The van der Waals surface area contributed by atoms with E-state index in [0.717, 1.165) is 83.4 Å². The van der Waals surface area contributed by atoms with E-state index in [1.165, 1.54) is 16.2 Å². The fraction of sp³-hybridized carbons (Fsp3) is 0. The molecule has 0 saturated heterocycles. The maximum Gasteiger partial charge on any atom is 0.135 e. The minimum atomic E-state index is 0.870. The Kier molecular flexibility index (Phi) is 6.82. The quantitative estimate of drug-likeness (QED) is 0.162. The average molecular weight is 693 g/mol. The van der Waals surface area contributed by atoms with Gasteiger partial charge < -0.3 is 18.6 Å². The Balaban J connectivity index is 1.22. The highest BCUT2D eigenvalue weighted by molar-refractivity contribution is 6.15. The summed E-state index contributed by atoms with van der Waals surface area (Å²) in [4.78, 5) is 4.75. The van der Waals surface area contributed by atoms with Crippen molar-refractivity contribution in [3.8, 4) is 0 Å². The summed E-state index contributed by atoms with van der Waals surface area (Å²) in [6.07, 6.45) is 0. The zero-order chi connectivity index (χ0) is 35.6. The Morgan fingerprint density at radius 1 is 0.259 bits per heavy atom. The summed E-state index contributed by atoms with van der Waals surface area (Å²) in [5, 5.41) is 9.10. The number of para-hydroxylation sites is 4. The molecular weight excluding hydrogens is 661 g/mol. The average Bonchev–Trinajstić information content (AvgIpc) is 3.80. The molecule has 11 aromatic rings. The van der Waals surface area contributed by atoms with Gasteiger partial charge in [0.05, 0.1) is 5.69 Å². The van der Waals surface area contributed by atoms with Crippen LogP contribution in [0.15, 0.2) is 203 Å². The molecule has 254 valence electrons. The minimum absolute atomic E-state index is 0.870. The molecule has 0 N–H and O–H groups in total. The second-order valence-corrected chi connectivity index (χ2v) is 13.7. The van der Waals surface area contributed by atoms with Crippen LogP contribution in [0.5, 0.6) is 0 Å². The molecule has 0 amide bonds. The summed E-state index contributed by atoms with van der Waals surface area (Å²) >= 11 is 0. The second-order valence-electron chi connectivity index (χ2n) is 13.7. The van der Waals surface area contributed by atoms with E-state index in [2.05, 4.69) is 180 Å². The number of hydrogen-bond donors (Lipinski definition) is 0. The van der Waals surface area contributed by atoms with Gasteiger partial charge in [-0.15, -0.1) is 0 Å². The van der Waals surface area contributed by atoms with Crippen molar-refractivity contribution in [2.24, 2.45) is 0 Å². The molecule has 11 rings (SSSR count). The van der Waals surface area contributed by atoms with Gasteiger partial charge in [0.15, 0.2) is 0 Å². The van der Waals surface area contributed by atoms with E-state index < -0.39 is 0 Å². The summed E-state index contributed by atoms with van der Waals surface area (Å²) < 4.78 is 12.6. The molecular formula is C50H32N2O2. The van der Waals surface area contributed by atoms with Gasteiger partial charge in [-0.2, -0.15) is 0 Å². The summed E-state index contributed by atoms with van der Waals surface area (Å²) in [6, 6.07) is 68.7. The zero-order valence-electron chi connectivity index (χ0n) is 29.2. The van der Waals surface area contributed by atoms with Gasteiger partial charge in [0.1, 0.15) is 22.3 Å². The van der Waals surface area contributed by atoms with E-state index in [1.54, 1.807) is 0 Å². The molecule has 0 bridgehead atoms. The van der Waals surface area contributed by atoms with Crippen molar-refractivity contribution in [1.29, 1.82) is 0 Å². The molecule has 0 fully saturated rings. The third kappa shape index (κ3) is 4.85. The van der Waals surface area contributed by atoms with Gasteiger partial charge in [0.2, 0.25) is 0 Å².